The zero-order valence-corrected chi connectivity index (χ0v) is 20.1. The first-order valence-corrected chi connectivity index (χ1v) is 12.6. The Bertz CT molecular complexity index is 1270. The highest BCUT2D eigenvalue weighted by molar-refractivity contribution is 7.92. The fraction of sp³-hybridized carbons (Fsp3) is 0.280. The molecule has 2 aromatic heterocycles. The van der Waals surface area contributed by atoms with Gasteiger partial charge in [0.15, 0.2) is 16.4 Å². The highest BCUT2D eigenvalue weighted by Crippen LogP contribution is 2.29. The Morgan fingerprint density at radius 1 is 1.00 bits per heavy atom. The molecule has 180 valence electrons. The van der Waals surface area contributed by atoms with Gasteiger partial charge >= 0.3 is 0 Å². The van der Waals surface area contributed by atoms with Crippen molar-refractivity contribution >= 4 is 17.0 Å². The summed E-state index contributed by atoms with van der Waals surface area (Å²) in [5.41, 5.74) is 9.80. The summed E-state index contributed by atoms with van der Waals surface area (Å²) in [4.78, 5) is 9.72. The lowest BCUT2D eigenvalue weighted by Gasteiger charge is -2.24. The maximum absolute atomic E-state index is 12.9. The van der Waals surface area contributed by atoms with Crippen LogP contribution in [0.2, 0.25) is 0 Å². The van der Waals surface area contributed by atoms with Crippen molar-refractivity contribution in [3.8, 4) is 34.3 Å². The number of ether oxygens (including phenoxy) is 1. The van der Waals surface area contributed by atoms with Crippen LogP contribution in [0.15, 0.2) is 64.0 Å². The van der Waals surface area contributed by atoms with Gasteiger partial charge in [0.25, 0.3) is 5.89 Å². The first-order valence-electron chi connectivity index (χ1n) is 11.4. The van der Waals surface area contributed by atoms with Gasteiger partial charge in [0.1, 0.15) is 5.25 Å². The van der Waals surface area contributed by atoms with Gasteiger partial charge in [-0.1, -0.05) is 12.1 Å². The summed E-state index contributed by atoms with van der Waals surface area (Å²) in [6, 6.07) is 15.4. The van der Waals surface area contributed by atoms with Gasteiger partial charge < -0.3 is 24.8 Å². The van der Waals surface area contributed by atoms with E-state index >= 15 is 0 Å². The second kappa shape index (κ2) is 10.5. The number of nitrogens with zero attached hydrogens (tertiary/aromatic N) is 4. The SMILES string of the molecule is CNCc1ccc(-c2nnc(-c3nc(-c4ccc([S+]([O-])C5CCOCC5)cc4)cnc3N)o2)cc1. The van der Waals surface area contributed by atoms with Crippen molar-refractivity contribution in [2.24, 2.45) is 0 Å². The molecule has 0 radical (unpaired) electrons. The summed E-state index contributed by atoms with van der Waals surface area (Å²) in [6.07, 6.45) is 3.22. The number of nitrogen functional groups attached to an aromatic ring is 1. The van der Waals surface area contributed by atoms with Crippen LogP contribution in [0, 0.1) is 0 Å². The van der Waals surface area contributed by atoms with E-state index in [2.05, 4.69) is 25.5 Å². The molecule has 0 saturated carbocycles. The van der Waals surface area contributed by atoms with Gasteiger partial charge in [0, 0.05) is 30.5 Å². The third-order valence-electron chi connectivity index (χ3n) is 5.86. The number of aromatic nitrogens is 4. The van der Waals surface area contributed by atoms with E-state index in [9.17, 15) is 4.55 Å². The van der Waals surface area contributed by atoms with E-state index in [-0.39, 0.29) is 17.0 Å². The number of nitrogens with one attached hydrogen (secondary N) is 1. The van der Waals surface area contributed by atoms with Crippen LogP contribution in [-0.4, -0.2) is 50.2 Å². The molecule has 9 nitrogen and oxygen atoms in total. The summed E-state index contributed by atoms with van der Waals surface area (Å²) in [5.74, 6) is 0.775. The maximum atomic E-state index is 12.9. The molecule has 3 heterocycles. The van der Waals surface area contributed by atoms with E-state index < -0.39 is 11.2 Å². The molecule has 1 aliphatic heterocycles. The molecule has 2 aromatic carbocycles. The zero-order valence-electron chi connectivity index (χ0n) is 19.3. The average Bonchev–Trinajstić information content (AvgIpc) is 3.40. The number of nitrogens with two attached hydrogens (primary N) is 1. The highest BCUT2D eigenvalue weighted by atomic mass is 32.2. The Labute approximate surface area is 206 Å². The van der Waals surface area contributed by atoms with Crippen molar-refractivity contribution in [1.82, 2.24) is 25.5 Å². The predicted octanol–water partition coefficient (Wildman–Crippen LogP) is 3.45. The van der Waals surface area contributed by atoms with Crippen LogP contribution in [0.25, 0.3) is 34.3 Å². The molecule has 3 N–H and O–H groups in total. The maximum Gasteiger partial charge on any atom is 0.270 e. The summed E-state index contributed by atoms with van der Waals surface area (Å²) in [5, 5.41) is 11.5. The fourth-order valence-electron chi connectivity index (χ4n) is 3.94. The van der Waals surface area contributed by atoms with E-state index in [0.717, 1.165) is 41.0 Å². The third kappa shape index (κ3) is 5.20. The second-order valence-electron chi connectivity index (χ2n) is 8.26. The molecular weight excluding hydrogens is 464 g/mol. The molecule has 1 saturated heterocycles. The molecular formula is C25H26N6O3S. The lowest BCUT2D eigenvalue weighted by molar-refractivity contribution is 0.0983. The largest absolute Gasteiger partial charge is 0.611 e. The van der Waals surface area contributed by atoms with Crippen molar-refractivity contribution < 1.29 is 13.7 Å². The van der Waals surface area contributed by atoms with Gasteiger partial charge in [0.05, 0.1) is 25.1 Å². The number of rotatable bonds is 7. The van der Waals surface area contributed by atoms with E-state index in [1.807, 2.05) is 55.6 Å². The first kappa shape index (κ1) is 23.4. The molecule has 4 aromatic rings. The van der Waals surface area contributed by atoms with Crippen LogP contribution in [0.4, 0.5) is 5.82 Å². The quantitative estimate of drug-likeness (QED) is 0.373. The van der Waals surface area contributed by atoms with Crippen LogP contribution in [0.3, 0.4) is 0 Å². The summed E-state index contributed by atoms with van der Waals surface area (Å²) >= 11 is -1.06. The summed E-state index contributed by atoms with van der Waals surface area (Å²) in [6.45, 7) is 2.11. The predicted molar refractivity (Wildman–Crippen MR) is 134 cm³/mol. The van der Waals surface area contributed by atoms with Crippen molar-refractivity contribution in [3.63, 3.8) is 0 Å². The minimum absolute atomic E-state index is 0.128. The third-order valence-corrected chi connectivity index (χ3v) is 7.68. The van der Waals surface area contributed by atoms with Crippen LogP contribution in [0.5, 0.6) is 0 Å². The Kier molecular flexibility index (Phi) is 7.05. The monoisotopic (exact) mass is 490 g/mol. The molecule has 0 bridgehead atoms. The minimum Gasteiger partial charge on any atom is -0.611 e. The molecule has 1 unspecified atom stereocenters. The van der Waals surface area contributed by atoms with Gasteiger partial charge in [-0.25, -0.2) is 9.97 Å². The topological polar surface area (TPSA) is 135 Å². The van der Waals surface area contributed by atoms with Gasteiger partial charge in [-0.3, -0.25) is 0 Å². The first-order chi connectivity index (χ1) is 17.1. The van der Waals surface area contributed by atoms with Crippen molar-refractivity contribution in [2.45, 2.75) is 29.5 Å². The normalized spacial score (nSPS) is 15.3. The second-order valence-corrected chi connectivity index (χ2v) is 10.00. The van der Waals surface area contributed by atoms with Crippen LogP contribution in [-0.2, 0) is 22.5 Å². The molecule has 1 atom stereocenters. The highest BCUT2D eigenvalue weighted by Gasteiger charge is 2.27. The zero-order chi connectivity index (χ0) is 24.2. The lowest BCUT2D eigenvalue weighted by Crippen LogP contribution is -2.28. The molecule has 5 rings (SSSR count). The Morgan fingerprint density at radius 2 is 1.69 bits per heavy atom. The summed E-state index contributed by atoms with van der Waals surface area (Å²) < 4.78 is 24.1. The molecule has 0 amide bonds. The van der Waals surface area contributed by atoms with Gasteiger partial charge in [0.2, 0.25) is 5.89 Å². The van der Waals surface area contributed by atoms with E-state index in [4.69, 9.17) is 14.9 Å². The van der Waals surface area contributed by atoms with Crippen molar-refractivity contribution in [3.05, 3.63) is 60.3 Å². The lowest BCUT2D eigenvalue weighted by atomic mass is 10.1. The Balaban J connectivity index is 1.36. The standard InChI is InChI=1S/C25H26N6O3S/c1-27-14-16-2-4-18(5-3-16)24-30-31-25(34-24)22-23(26)28-15-21(29-22)17-6-8-19(9-7-17)35(32)20-10-12-33-13-11-20/h2-9,15,20,27H,10-14H2,1H3,(H2,26,28). The number of benzene rings is 2. The van der Waals surface area contributed by atoms with Crippen LogP contribution in [0.1, 0.15) is 18.4 Å². The molecule has 1 fully saturated rings. The van der Waals surface area contributed by atoms with Crippen molar-refractivity contribution in [2.75, 3.05) is 26.0 Å². The van der Waals surface area contributed by atoms with E-state index in [1.165, 1.54) is 0 Å². The van der Waals surface area contributed by atoms with Gasteiger partial charge in [-0.05, 0) is 60.2 Å². The van der Waals surface area contributed by atoms with Crippen molar-refractivity contribution in [1.29, 1.82) is 0 Å². The smallest absolute Gasteiger partial charge is 0.270 e. The average molecular weight is 491 g/mol. The fourth-order valence-corrected chi connectivity index (χ4v) is 5.35. The molecule has 10 heteroatoms. The number of hydrogen-bond acceptors (Lipinski definition) is 9. The molecule has 0 spiro atoms. The molecule has 1 aliphatic rings. The number of hydrogen-bond donors (Lipinski definition) is 2. The molecule has 0 aliphatic carbocycles. The van der Waals surface area contributed by atoms with E-state index in [1.54, 1.807) is 6.20 Å². The number of anilines is 1. The Morgan fingerprint density at radius 3 is 2.40 bits per heavy atom. The molecule has 35 heavy (non-hydrogen) atoms. The Hall–Kier alpha value is -3.31. The van der Waals surface area contributed by atoms with Crippen LogP contribution < -0.4 is 11.1 Å². The minimum atomic E-state index is -1.06. The summed E-state index contributed by atoms with van der Waals surface area (Å²) in [7, 11) is 1.90. The van der Waals surface area contributed by atoms with Crippen LogP contribution >= 0.6 is 0 Å². The van der Waals surface area contributed by atoms with E-state index in [0.29, 0.717) is 30.5 Å². The van der Waals surface area contributed by atoms with Gasteiger partial charge in [-0.15, -0.1) is 10.2 Å². The van der Waals surface area contributed by atoms with Gasteiger partial charge in [-0.2, -0.15) is 0 Å².